The Kier molecular flexibility index (Phi) is 5.63. The van der Waals surface area contributed by atoms with Gasteiger partial charge in [0.15, 0.2) is 0 Å². The maximum atomic E-state index is 13.9. The molecule has 1 aliphatic rings. The van der Waals surface area contributed by atoms with Crippen LogP contribution in [0.1, 0.15) is 18.4 Å². The second-order valence-corrected chi connectivity index (χ2v) is 10.6. The first-order chi connectivity index (χ1) is 15.4. The lowest BCUT2D eigenvalue weighted by molar-refractivity contribution is -0.194. The quantitative estimate of drug-likeness (QED) is 0.357. The molecule has 1 fully saturated rings. The molecule has 1 heterocycles. The highest BCUT2D eigenvalue weighted by Crippen LogP contribution is 2.57. The Labute approximate surface area is 188 Å². The van der Waals surface area contributed by atoms with Crippen molar-refractivity contribution in [1.29, 1.82) is 0 Å². The van der Waals surface area contributed by atoms with Crippen molar-refractivity contribution >= 4 is 43.7 Å². The van der Waals surface area contributed by atoms with Gasteiger partial charge < -0.3 is 14.8 Å². The summed E-state index contributed by atoms with van der Waals surface area (Å²) in [4.78, 5) is 8.51. The number of hydrogen-bond donors (Lipinski definition) is 2. The molecule has 1 aliphatic carbocycles. The normalized spacial score (nSPS) is 16.8. The second-order valence-electron chi connectivity index (χ2n) is 8.35. The predicted molar refractivity (Wildman–Crippen MR) is 122 cm³/mol. The van der Waals surface area contributed by atoms with E-state index in [1.165, 1.54) is 24.7 Å². The average molecular weight is 483 g/mol. The van der Waals surface area contributed by atoms with Crippen LogP contribution < -0.4 is 14.8 Å². The molecule has 1 saturated carbocycles. The van der Waals surface area contributed by atoms with Gasteiger partial charge in [0.25, 0.3) is 0 Å². The Balaban J connectivity index is 1.66. The van der Waals surface area contributed by atoms with Gasteiger partial charge in [0.1, 0.15) is 35.7 Å². The van der Waals surface area contributed by atoms with Gasteiger partial charge in [0.05, 0.1) is 11.2 Å². The molecule has 11 heteroatoms. The van der Waals surface area contributed by atoms with Gasteiger partial charge in [-0.25, -0.2) is 18.6 Å². The van der Waals surface area contributed by atoms with Crippen molar-refractivity contribution in [3.63, 3.8) is 0 Å². The third-order valence-corrected chi connectivity index (χ3v) is 6.09. The number of ether oxygens (including phenoxy) is 1. The highest BCUT2D eigenvalue weighted by atomic mass is 32.2. The van der Waals surface area contributed by atoms with Gasteiger partial charge in [-0.3, -0.25) is 0 Å². The minimum atomic E-state index is -4.38. The minimum Gasteiger partial charge on any atom is -0.490 e. The standard InChI is InChI=1S/C22H22F4N4O2S/c1-13-8-15(30-33(2,3)31)10-17-19(13)20(28-12-27-17)29-16-5-4-14(23)9-18(16)32-11-21(6-7-21)22(24,25)26/h4-5,8-10,12H,2,6-7,11H2,1,3H3,(H,30,31)(H,27,28,29). The topological polar surface area (TPSA) is 76.1 Å². The Hall–Kier alpha value is -3.08. The van der Waals surface area contributed by atoms with Gasteiger partial charge in [-0.2, -0.15) is 13.2 Å². The van der Waals surface area contributed by atoms with Gasteiger partial charge in [0, 0.05) is 33.1 Å². The molecule has 1 aromatic heterocycles. The number of aryl methyl sites for hydroxylation is 1. The number of alkyl halides is 3. The fourth-order valence-corrected chi connectivity index (χ4v) is 4.13. The zero-order valence-electron chi connectivity index (χ0n) is 17.9. The van der Waals surface area contributed by atoms with Crippen molar-refractivity contribution in [2.45, 2.75) is 25.9 Å². The summed E-state index contributed by atoms with van der Waals surface area (Å²) in [5.41, 5.74) is 0.243. The third-order valence-electron chi connectivity index (χ3n) is 5.42. The molecule has 3 aromatic rings. The summed E-state index contributed by atoms with van der Waals surface area (Å²) in [5, 5.41) is 3.67. The van der Waals surface area contributed by atoms with Crippen molar-refractivity contribution in [1.82, 2.24) is 9.97 Å². The molecule has 4 rings (SSSR count). The molecule has 176 valence electrons. The number of anilines is 3. The Bertz CT molecular complexity index is 1320. The number of nitrogens with zero attached hydrogens (tertiary/aromatic N) is 2. The molecule has 33 heavy (non-hydrogen) atoms. The van der Waals surface area contributed by atoms with E-state index in [2.05, 4.69) is 25.9 Å². The van der Waals surface area contributed by atoms with E-state index in [0.29, 0.717) is 22.4 Å². The number of nitrogens with one attached hydrogen (secondary N) is 2. The van der Waals surface area contributed by atoms with Crippen molar-refractivity contribution in [3.05, 3.63) is 48.0 Å². The van der Waals surface area contributed by atoms with Crippen LogP contribution in [0.2, 0.25) is 0 Å². The van der Waals surface area contributed by atoms with Crippen LogP contribution in [0, 0.1) is 18.2 Å². The Morgan fingerprint density at radius 1 is 1.21 bits per heavy atom. The Morgan fingerprint density at radius 3 is 2.58 bits per heavy atom. The third kappa shape index (κ3) is 4.97. The number of halogens is 4. The molecular weight excluding hydrogens is 460 g/mol. The lowest BCUT2D eigenvalue weighted by atomic mass is 10.1. The first kappa shape index (κ1) is 23.1. The maximum absolute atomic E-state index is 13.9. The summed E-state index contributed by atoms with van der Waals surface area (Å²) in [6, 6.07) is 7.04. The molecular formula is C22H22F4N4O2S. The number of rotatable bonds is 7. The Morgan fingerprint density at radius 2 is 1.94 bits per heavy atom. The summed E-state index contributed by atoms with van der Waals surface area (Å²) in [7, 11) is -2.50. The molecule has 1 unspecified atom stereocenters. The maximum Gasteiger partial charge on any atom is 0.397 e. The zero-order valence-corrected chi connectivity index (χ0v) is 18.7. The molecule has 0 spiro atoms. The summed E-state index contributed by atoms with van der Waals surface area (Å²) in [6.45, 7) is 1.22. The second kappa shape index (κ2) is 8.05. The van der Waals surface area contributed by atoms with Crippen molar-refractivity contribution in [2.75, 3.05) is 22.9 Å². The lowest BCUT2D eigenvalue weighted by Crippen LogP contribution is -2.30. The van der Waals surface area contributed by atoms with Crippen LogP contribution in [0.5, 0.6) is 5.75 Å². The van der Waals surface area contributed by atoms with Crippen molar-refractivity contribution < 1.29 is 26.5 Å². The first-order valence-corrected chi connectivity index (χ1v) is 12.1. The van der Waals surface area contributed by atoms with Crippen molar-refractivity contribution in [3.8, 4) is 5.75 Å². The first-order valence-electron chi connectivity index (χ1n) is 9.98. The highest BCUT2D eigenvalue weighted by molar-refractivity contribution is 8.00. The van der Waals surface area contributed by atoms with E-state index < -0.39 is 33.7 Å². The van der Waals surface area contributed by atoms with Gasteiger partial charge in [0.2, 0.25) is 0 Å². The summed E-state index contributed by atoms with van der Waals surface area (Å²) in [5.74, 6) is 3.26. The van der Waals surface area contributed by atoms with Gasteiger partial charge in [-0.05, 0) is 55.5 Å². The number of aromatic nitrogens is 2. The molecule has 6 nitrogen and oxygen atoms in total. The highest BCUT2D eigenvalue weighted by Gasteiger charge is 2.63. The van der Waals surface area contributed by atoms with Crippen LogP contribution in [0.15, 0.2) is 36.7 Å². The van der Waals surface area contributed by atoms with Crippen LogP contribution in [0.4, 0.5) is 34.8 Å². The van der Waals surface area contributed by atoms with Crippen LogP contribution in [0.3, 0.4) is 0 Å². The molecule has 1 atom stereocenters. The van der Waals surface area contributed by atoms with Crippen LogP contribution in [-0.2, 0) is 9.71 Å². The predicted octanol–water partition coefficient (Wildman–Crippen LogP) is 5.22. The molecule has 2 N–H and O–H groups in total. The van der Waals surface area contributed by atoms with E-state index in [9.17, 15) is 21.8 Å². The SMILES string of the molecule is C=S(C)(=O)Nc1cc(C)c2c(Nc3ccc(F)cc3OCC3(C(F)(F)F)CC3)ncnc2c1. The van der Waals surface area contributed by atoms with E-state index in [-0.39, 0.29) is 24.3 Å². The molecule has 0 bridgehead atoms. The molecule has 0 saturated heterocycles. The largest absolute Gasteiger partial charge is 0.490 e. The van der Waals surface area contributed by atoms with Crippen LogP contribution in [0.25, 0.3) is 10.9 Å². The van der Waals surface area contributed by atoms with E-state index in [0.717, 1.165) is 11.6 Å². The van der Waals surface area contributed by atoms with Crippen LogP contribution in [-0.4, -0.2) is 39.1 Å². The monoisotopic (exact) mass is 482 g/mol. The summed E-state index contributed by atoms with van der Waals surface area (Å²) >= 11 is 0. The molecule has 0 radical (unpaired) electrons. The van der Waals surface area contributed by atoms with Crippen molar-refractivity contribution in [2.24, 2.45) is 5.41 Å². The summed E-state index contributed by atoms with van der Waals surface area (Å²) in [6.07, 6.45) is -1.62. The minimum absolute atomic E-state index is 0.0158. The van der Waals surface area contributed by atoms with E-state index in [4.69, 9.17) is 4.74 Å². The van der Waals surface area contributed by atoms with Gasteiger partial charge >= 0.3 is 6.18 Å². The fourth-order valence-electron chi connectivity index (χ4n) is 3.52. The lowest BCUT2D eigenvalue weighted by Gasteiger charge is -2.21. The molecule has 0 aliphatic heterocycles. The average Bonchev–Trinajstić information content (AvgIpc) is 3.48. The van der Waals surface area contributed by atoms with Gasteiger partial charge in [-0.1, -0.05) is 0 Å². The number of benzene rings is 2. The smallest absolute Gasteiger partial charge is 0.397 e. The van der Waals surface area contributed by atoms with E-state index >= 15 is 0 Å². The van der Waals surface area contributed by atoms with Crippen LogP contribution >= 0.6 is 0 Å². The number of fused-ring (bicyclic) bond motifs is 1. The fraction of sp³-hybridized carbons (Fsp3) is 0.318. The molecule has 2 aromatic carbocycles. The van der Waals surface area contributed by atoms with E-state index in [1.54, 1.807) is 12.1 Å². The van der Waals surface area contributed by atoms with Gasteiger partial charge in [-0.15, -0.1) is 0 Å². The number of hydrogen-bond acceptors (Lipinski definition) is 5. The van der Waals surface area contributed by atoms with E-state index in [1.807, 2.05) is 6.92 Å². The zero-order chi connectivity index (χ0) is 24.0. The summed E-state index contributed by atoms with van der Waals surface area (Å²) < 4.78 is 73.9. The molecule has 0 amide bonds.